The van der Waals surface area contributed by atoms with Crippen LogP contribution in [0.2, 0.25) is 0 Å². The minimum absolute atomic E-state index is 0.0453. The second kappa shape index (κ2) is 10.5. The molecule has 31 heavy (non-hydrogen) atoms. The zero-order valence-corrected chi connectivity index (χ0v) is 17.7. The third kappa shape index (κ3) is 5.56. The Morgan fingerprint density at radius 2 is 1.90 bits per heavy atom. The summed E-state index contributed by atoms with van der Waals surface area (Å²) in [6.07, 6.45) is 4.65. The summed E-state index contributed by atoms with van der Waals surface area (Å²) in [6, 6.07) is 6.87. The number of fused-ring (bicyclic) bond motifs is 1. The Hall–Kier alpha value is -3.49. The molecule has 0 atom stereocenters. The number of methoxy groups -OCH3 is 2. The van der Waals surface area contributed by atoms with Gasteiger partial charge in [0.1, 0.15) is 5.76 Å². The lowest BCUT2D eigenvalue weighted by Gasteiger charge is -2.10. The largest absolute Gasteiger partial charge is 0.493 e. The number of hydrogen-bond acceptors (Lipinski definition) is 6. The molecule has 9 heteroatoms. The molecule has 0 aliphatic rings. The predicted molar refractivity (Wildman–Crippen MR) is 116 cm³/mol. The molecule has 0 aliphatic heterocycles. The van der Waals surface area contributed by atoms with Gasteiger partial charge in [-0.2, -0.15) is 0 Å². The highest BCUT2D eigenvalue weighted by Crippen LogP contribution is 2.29. The van der Waals surface area contributed by atoms with Crippen LogP contribution in [0, 0.1) is 0 Å². The molecule has 0 saturated carbocycles. The van der Waals surface area contributed by atoms with Crippen molar-refractivity contribution in [2.24, 2.45) is 0 Å². The van der Waals surface area contributed by atoms with E-state index in [9.17, 15) is 14.4 Å². The van der Waals surface area contributed by atoms with Crippen LogP contribution in [-0.2, 0) is 17.8 Å². The number of aryl methyl sites for hydroxylation is 1. The fraction of sp³-hybridized carbons (Fsp3) is 0.409. The summed E-state index contributed by atoms with van der Waals surface area (Å²) >= 11 is 0. The number of carbonyl (C=O) groups excluding carboxylic acids is 1. The number of ether oxygens (including phenoxy) is 2. The maximum atomic E-state index is 12.8. The molecule has 3 aromatic rings. The van der Waals surface area contributed by atoms with E-state index in [1.54, 1.807) is 18.4 Å². The van der Waals surface area contributed by atoms with Crippen molar-refractivity contribution < 1.29 is 18.7 Å². The Labute approximate surface area is 179 Å². The third-order valence-corrected chi connectivity index (χ3v) is 5.02. The average Bonchev–Trinajstić information content (AvgIpc) is 3.28. The lowest BCUT2D eigenvalue weighted by Crippen LogP contribution is -2.35. The van der Waals surface area contributed by atoms with Crippen molar-refractivity contribution in [2.75, 3.05) is 20.8 Å². The first-order chi connectivity index (χ1) is 15.0. The zero-order valence-electron chi connectivity index (χ0n) is 17.7. The van der Waals surface area contributed by atoms with Gasteiger partial charge in [-0.3, -0.25) is 14.2 Å². The Bertz CT molecular complexity index is 1130. The van der Waals surface area contributed by atoms with Crippen molar-refractivity contribution in [3.05, 3.63) is 57.1 Å². The first kappa shape index (κ1) is 22.2. The zero-order chi connectivity index (χ0) is 22.2. The van der Waals surface area contributed by atoms with Crippen molar-refractivity contribution in [3.63, 3.8) is 0 Å². The van der Waals surface area contributed by atoms with Gasteiger partial charge in [0.2, 0.25) is 5.91 Å². The molecule has 1 aromatic carbocycles. The minimum atomic E-state index is -0.493. The number of carbonyl (C=O) groups is 1. The highest BCUT2D eigenvalue weighted by atomic mass is 16.5. The quantitative estimate of drug-likeness (QED) is 0.452. The molecule has 0 bridgehead atoms. The molecule has 2 aromatic heterocycles. The van der Waals surface area contributed by atoms with E-state index in [0.717, 1.165) is 23.2 Å². The molecule has 0 spiro atoms. The number of furan rings is 1. The number of nitrogens with one attached hydrogen (secondary N) is 2. The first-order valence-electron chi connectivity index (χ1n) is 10.2. The van der Waals surface area contributed by atoms with Gasteiger partial charge >= 0.3 is 5.69 Å². The Morgan fingerprint density at radius 3 is 2.61 bits per heavy atom. The summed E-state index contributed by atoms with van der Waals surface area (Å²) in [5.74, 6) is 1.69. The number of H-pyrrole nitrogens is 1. The fourth-order valence-corrected chi connectivity index (χ4v) is 3.37. The van der Waals surface area contributed by atoms with E-state index in [2.05, 4.69) is 10.3 Å². The number of aromatic nitrogens is 2. The lowest BCUT2D eigenvalue weighted by atomic mass is 10.2. The Balaban J connectivity index is 1.51. The van der Waals surface area contributed by atoms with Crippen molar-refractivity contribution >= 4 is 16.8 Å². The molecule has 166 valence electrons. The number of unbranched alkanes of at least 4 members (excludes halogenated alkanes) is 1. The van der Waals surface area contributed by atoms with Gasteiger partial charge in [-0.15, -0.1) is 0 Å². The molecule has 0 aliphatic carbocycles. The second-order valence-corrected chi connectivity index (χ2v) is 7.13. The van der Waals surface area contributed by atoms with Gasteiger partial charge in [0.05, 0.1) is 31.4 Å². The van der Waals surface area contributed by atoms with Crippen LogP contribution >= 0.6 is 0 Å². The standard InChI is InChI=1S/C22H27N3O6/c1-29-18-13-16-17(14-19(18)30-2)24-22(28)25(21(16)27)11-4-3-9-20(26)23-10-5-7-15-8-6-12-31-15/h6,8,12-14H,3-5,7,9-11H2,1-2H3,(H,23,26)(H,24,28). The molecule has 1 amide bonds. The van der Waals surface area contributed by atoms with Crippen molar-refractivity contribution in [3.8, 4) is 11.5 Å². The summed E-state index contributed by atoms with van der Waals surface area (Å²) in [6.45, 7) is 0.804. The van der Waals surface area contributed by atoms with Gasteiger partial charge in [0.15, 0.2) is 11.5 Å². The second-order valence-electron chi connectivity index (χ2n) is 7.13. The van der Waals surface area contributed by atoms with Crippen LogP contribution in [-0.4, -0.2) is 36.2 Å². The maximum Gasteiger partial charge on any atom is 0.328 e. The van der Waals surface area contributed by atoms with Gasteiger partial charge in [-0.25, -0.2) is 4.79 Å². The van der Waals surface area contributed by atoms with E-state index in [-0.39, 0.29) is 12.5 Å². The summed E-state index contributed by atoms with van der Waals surface area (Å²) < 4.78 is 16.9. The number of nitrogens with zero attached hydrogens (tertiary/aromatic N) is 1. The van der Waals surface area contributed by atoms with Gasteiger partial charge in [0, 0.05) is 32.0 Å². The topological polar surface area (TPSA) is 116 Å². The van der Waals surface area contributed by atoms with E-state index in [1.165, 1.54) is 14.2 Å². The molecular formula is C22H27N3O6. The van der Waals surface area contributed by atoms with Gasteiger partial charge in [-0.1, -0.05) is 0 Å². The summed E-state index contributed by atoms with van der Waals surface area (Å²) in [5, 5.41) is 3.21. The molecule has 2 heterocycles. The van der Waals surface area contributed by atoms with E-state index in [0.29, 0.717) is 48.2 Å². The molecule has 0 fully saturated rings. The number of aromatic amines is 1. The normalized spacial score (nSPS) is 10.9. The summed E-state index contributed by atoms with van der Waals surface area (Å²) in [7, 11) is 2.97. The Morgan fingerprint density at radius 1 is 1.13 bits per heavy atom. The van der Waals surface area contributed by atoms with Gasteiger partial charge in [-0.05, 0) is 37.5 Å². The van der Waals surface area contributed by atoms with E-state index >= 15 is 0 Å². The van der Waals surface area contributed by atoms with Crippen molar-refractivity contribution in [1.29, 1.82) is 0 Å². The van der Waals surface area contributed by atoms with E-state index < -0.39 is 11.2 Å². The van der Waals surface area contributed by atoms with Crippen LogP contribution in [0.25, 0.3) is 10.9 Å². The Kier molecular flexibility index (Phi) is 7.53. The van der Waals surface area contributed by atoms with E-state index in [1.807, 2.05) is 12.1 Å². The SMILES string of the molecule is COc1cc2[nH]c(=O)n(CCCCC(=O)NCCCc3ccco3)c(=O)c2cc1OC. The molecule has 0 unspecified atom stereocenters. The molecule has 0 saturated heterocycles. The number of amides is 1. The molecular weight excluding hydrogens is 402 g/mol. The van der Waals surface area contributed by atoms with E-state index in [4.69, 9.17) is 13.9 Å². The minimum Gasteiger partial charge on any atom is -0.493 e. The van der Waals surface area contributed by atoms with Gasteiger partial charge < -0.3 is 24.2 Å². The third-order valence-electron chi connectivity index (χ3n) is 5.02. The first-order valence-corrected chi connectivity index (χ1v) is 10.2. The van der Waals surface area contributed by atoms with Crippen molar-refractivity contribution in [2.45, 2.75) is 38.6 Å². The molecule has 3 rings (SSSR count). The van der Waals surface area contributed by atoms with Crippen LogP contribution in [0.15, 0.2) is 44.5 Å². The van der Waals surface area contributed by atoms with Gasteiger partial charge in [0.25, 0.3) is 5.56 Å². The lowest BCUT2D eigenvalue weighted by molar-refractivity contribution is -0.121. The van der Waals surface area contributed by atoms with Crippen LogP contribution in [0.1, 0.15) is 31.4 Å². The molecule has 2 N–H and O–H groups in total. The van der Waals surface area contributed by atoms with Crippen LogP contribution in [0.4, 0.5) is 0 Å². The van der Waals surface area contributed by atoms with Crippen LogP contribution in [0.5, 0.6) is 11.5 Å². The fourth-order valence-electron chi connectivity index (χ4n) is 3.37. The van der Waals surface area contributed by atoms with Crippen LogP contribution < -0.4 is 26.0 Å². The number of benzene rings is 1. The summed E-state index contributed by atoms with van der Waals surface area (Å²) in [4.78, 5) is 39.8. The molecule has 9 nitrogen and oxygen atoms in total. The predicted octanol–water partition coefficient (Wildman–Crippen LogP) is 2.22. The number of rotatable bonds is 11. The maximum absolute atomic E-state index is 12.8. The average molecular weight is 429 g/mol. The van der Waals surface area contributed by atoms with Crippen LogP contribution in [0.3, 0.4) is 0 Å². The highest BCUT2D eigenvalue weighted by Gasteiger charge is 2.13. The highest BCUT2D eigenvalue weighted by molar-refractivity contribution is 5.81. The molecule has 0 radical (unpaired) electrons. The van der Waals surface area contributed by atoms with Crippen molar-refractivity contribution in [1.82, 2.24) is 14.9 Å². The summed E-state index contributed by atoms with van der Waals surface area (Å²) in [5.41, 5.74) is -0.507. The monoisotopic (exact) mass is 429 g/mol. The smallest absolute Gasteiger partial charge is 0.328 e. The number of hydrogen-bond donors (Lipinski definition) is 2.